The van der Waals surface area contributed by atoms with Crippen molar-refractivity contribution in [3.05, 3.63) is 83.3 Å². The van der Waals surface area contributed by atoms with E-state index in [2.05, 4.69) is 47.4 Å². The first-order valence-corrected chi connectivity index (χ1v) is 10.9. The van der Waals surface area contributed by atoms with E-state index < -0.39 is 0 Å². The number of nitrogens with one attached hydrogen (secondary N) is 1. The van der Waals surface area contributed by atoms with E-state index in [-0.39, 0.29) is 5.91 Å². The standard InChI is InChI=1S/C27H28N4O3/c1-17-8-18(2)10-20(9-17)24-12-22(23(15-28-24)21-14-30-31(3)16-21)27(32)29-13-19-6-7-25(33-4)26(11-19)34-5/h6-12,14-16H,13H2,1-5H3,(H,29,32). The first-order valence-electron chi connectivity index (χ1n) is 10.9. The maximum Gasteiger partial charge on any atom is 0.252 e. The third kappa shape index (κ3) is 4.93. The zero-order valence-electron chi connectivity index (χ0n) is 20.0. The molecule has 4 rings (SSSR count). The van der Waals surface area contributed by atoms with Gasteiger partial charge in [-0.3, -0.25) is 14.5 Å². The number of carbonyl (C=O) groups excluding carboxylic acids is 1. The average Bonchev–Trinajstić information content (AvgIpc) is 3.27. The van der Waals surface area contributed by atoms with Gasteiger partial charge in [-0.2, -0.15) is 5.10 Å². The second-order valence-corrected chi connectivity index (χ2v) is 8.27. The van der Waals surface area contributed by atoms with E-state index in [0.29, 0.717) is 23.6 Å². The van der Waals surface area contributed by atoms with E-state index in [9.17, 15) is 4.79 Å². The molecular weight excluding hydrogens is 428 g/mol. The van der Waals surface area contributed by atoms with Crippen molar-refractivity contribution in [2.24, 2.45) is 7.05 Å². The predicted octanol–water partition coefficient (Wildman–Crippen LogP) is 4.71. The van der Waals surface area contributed by atoms with Crippen LogP contribution in [0.5, 0.6) is 11.5 Å². The van der Waals surface area contributed by atoms with Crippen LogP contribution in [-0.4, -0.2) is 34.9 Å². The van der Waals surface area contributed by atoms with Gasteiger partial charge in [0, 0.05) is 42.7 Å². The predicted molar refractivity (Wildman–Crippen MR) is 132 cm³/mol. The van der Waals surface area contributed by atoms with Crippen LogP contribution in [-0.2, 0) is 13.6 Å². The number of pyridine rings is 1. The van der Waals surface area contributed by atoms with E-state index in [1.807, 2.05) is 37.5 Å². The molecular formula is C27H28N4O3. The van der Waals surface area contributed by atoms with Crippen molar-refractivity contribution in [2.45, 2.75) is 20.4 Å². The average molecular weight is 457 g/mol. The Labute approximate surface area is 199 Å². The number of amides is 1. The van der Waals surface area contributed by atoms with Gasteiger partial charge in [0.15, 0.2) is 11.5 Å². The van der Waals surface area contributed by atoms with Crippen molar-refractivity contribution in [2.75, 3.05) is 14.2 Å². The molecule has 0 unspecified atom stereocenters. The van der Waals surface area contributed by atoms with Crippen LogP contribution >= 0.6 is 0 Å². The highest BCUT2D eigenvalue weighted by molar-refractivity contribution is 6.01. The second-order valence-electron chi connectivity index (χ2n) is 8.27. The Balaban J connectivity index is 1.68. The highest BCUT2D eigenvalue weighted by Crippen LogP contribution is 2.29. The largest absolute Gasteiger partial charge is 0.493 e. The lowest BCUT2D eigenvalue weighted by molar-refractivity contribution is 0.0951. The molecule has 2 heterocycles. The quantitative estimate of drug-likeness (QED) is 0.436. The maximum absolute atomic E-state index is 13.4. The lowest BCUT2D eigenvalue weighted by Gasteiger charge is -2.13. The van der Waals surface area contributed by atoms with Crippen LogP contribution in [0.15, 0.2) is 61.1 Å². The molecule has 0 aliphatic rings. The van der Waals surface area contributed by atoms with E-state index in [0.717, 1.165) is 39.1 Å². The van der Waals surface area contributed by atoms with Gasteiger partial charge in [-0.05, 0) is 49.7 Å². The van der Waals surface area contributed by atoms with E-state index in [1.165, 1.54) is 0 Å². The minimum atomic E-state index is -0.193. The Hall–Kier alpha value is -4.13. The van der Waals surface area contributed by atoms with Crippen LogP contribution < -0.4 is 14.8 Å². The van der Waals surface area contributed by atoms with Crippen LogP contribution in [0.3, 0.4) is 0 Å². The number of rotatable bonds is 7. The minimum absolute atomic E-state index is 0.193. The van der Waals surface area contributed by atoms with Crippen molar-refractivity contribution in [1.29, 1.82) is 0 Å². The molecule has 0 aliphatic carbocycles. The molecule has 0 radical (unpaired) electrons. The van der Waals surface area contributed by atoms with Crippen molar-refractivity contribution in [3.8, 4) is 33.9 Å². The number of methoxy groups -OCH3 is 2. The summed E-state index contributed by atoms with van der Waals surface area (Å²) in [5.41, 5.74) is 7.01. The topological polar surface area (TPSA) is 78.3 Å². The maximum atomic E-state index is 13.4. The molecule has 0 fully saturated rings. The Morgan fingerprint density at radius 1 is 0.941 bits per heavy atom. The molecule has 1 N–H and O–H groups in total. The van der Waals surface area contributed by atoms with Gasteiger partial charge in [0.05, 0.1) is 31.7 Å². The molecule has 0 aliphatic heterocycles. The summed E-state index contributed by atoms with van der Waals surface area (Å²) in [5, 5.41) is 7.29. The molecule has 0 saturated carbocycles. The molecule has 1 amide bonds. The van der Waals surface area contributed by atoms with Gasteiger partial charge in [0.2, 0.25) is 0 Å². The highest BCUT2D eigenvalue weighted by atomic mass is 16.5. The number of aromatic nitrogens is 3. The van der Waals surface area contributed by atoms with E-state index in [1.54, 1.807) is 31.3 Å². The first-order chi connectivity index (χ1) is 16.4. The van der Waals surface area contributed by atoms with Gasteiger partial charge >= 0.3 is 0 Å². The zero-order valence-corrected chi connectivity index (χ0v) is 20.0. The summed E-state index contributed by atoms with van der Waals surface area (Å²) < 4.78 is 12.4. The Kier molecular flexibility index (Phi) is 6.63. The molecule has 174 valence electrons. The summed E-state index contributed by atoms with van der Waals surface area (Å²) in [4.78, 5) is 18.1. The molecule has 34 heavy (non-hydrogen) atoms. The van der Waals surface area contributed by atoms with Gasteiger partial charge < -0.3 is 14.8 Å². The number of carbonyl (C=O) groups is 1. The Morgan fingerprint density at radius 2 is 1.68 bits per heavy atom. The summed E-state index contributed by atoms with van der Waals surface area (Å²) in [6.07, 6.45) is 5.35. The fourth-order valence-electron chi connectivity index (χ4n) is 3.98. The van der Waals surface area contributed by atoms with E-state index >= 15 is 0 Å². The summed E-state index contributed by atoms with van der Waals surface area (Å²) in [6.45, 7) is 4.45. The molecule has 2 aromatic carbocycles. The SMILES string of the molecule is COc1ccc(CNC(=O)c2cc(-c3cc(C)cc(C)c3)ncc2-c2cnn(C)c2)cc1OC. The number of nitrogens with zero attached hydrogens (tertiary/aromatic N) is 3. The number of benzene rings is 2. The lowest BCUT2D eigenvalue weighted by atomic mass is 9.99. The number of ether oxygens (including phenoxy) is 2. The normalized spacial score (nSPS) is 10.7. The van der Waals surface area contributed by atoms with Crippen LogP contribution in [0.1, 0.15) is 27.0 Å². The molecule has 7 nitrogen and oxygen atoms in total. The third-order valence-corrected chi connectivity index (χ3v) is 5.58. The lowest BCUT2D eigenvalue weighted by Crippen LogP contribution is -2.23. The number of hydrogen-bond acceptors (Lipinski definition) is 5. The highest BCUT2D eigenvalue weighted by Gasteiger charge is 2.17. The molecule has 4 aromatic rings. The van der Waals surface area contributed by atoms with Crippen LogP contribution in [0.25, 0.3) is 22.4 Å². The van der Waals surface area contributed by atoms with Gasteiger partial charge in [-0.25, -0.2) is 0 Å². The van der Waals surface area contributed by atoms with Crippen molar-refractivity contribution < 1.29 is 14.3 Å². The molecule has 0 atom stereocenters. The summed E-state index contributed by atoms with van der Waals surface area (Å²) in [5.74, 6) is 1.07. The van der Waals surface area contributed by atoms with Gasteiger partial charge in [0.25, 0.3) is 5.91 Å². The van der Waals surface area contributed by atoms with Crippen molar-refractivity contribution in [3.63, 3.8) is 0 Å². The Bertz CT molecular complexity index is 1320. The Morgan fingerprint density at radius 3 is 2.32 bits per heavy atom. The van der Waals surface area contributed by atoms with Gasteiger partial charge in [0.1, 0.15) is 0 Å². The van der Waals surface area contributed by atoms with Crippen molar-refractivity contribution >= 4 is 5.91 Å². The molecule has 0 bridgehead atoms. The molecule has 0 spiro atoms. The van der Waals surface area contributed by atoms with E-state index in [4.69, 9.17) is 9.47 Å². The van der Waals surface area contributed by atoms with Gasteiger partial charge in [-0.1, -0.05) is 23.3 Å². The molecule has 0 saturated heterocycles. The zero-order chi connectivity index (χ0) is 24.2. The number of aryl methyl sites for hydroxylation is 3. The first kappa shape index (κ1) is 23.0. The monoisotopic (exact) mass is 456 g/mol. The minimum Gasteiger partial charge on any atom is -0.493 e. The van der Waals surface area contributed by atoms with Crippen LogP contribution in [0.2, 0.25) is 0 Å². The van der Waals surface area contributed by atoms with Crippen molar-refractivity contribution in [1.82, 2.24) is 20.1 Å². The molecule has 7 heteroatoms. The fourth-order valence-corrected chi connectivity index (χ4v) is 3.98. The summed E-state index contributed by atoms with van der Waals surface area (Å²) in [6, 6.07) is 13.7. The fraction of sp³-hybridized carbons (Fsp3) is 0.222. The smallest absolute Gasteiger partial charge is 0.252 e. The van der Waals surface area contributed by atoms with Gasteiger partial charge in [-0.15, -0.1) is 0 Å². The van der Waals surface area contributed by atoms with Crippen LogP contribution in [0, 0.1) is 13.8 Å². The number of hydrogen-bond donors (Lipinski definition) is 1. The van der Waals surface area contributed by atoms with Crippen LogP contribution in [0.4, 0.5) is 0 Å². The molecule has 2 aromatic heterocycles. The summed E-state index contributed by atoms with van der Waals surface area (Å²) >= 11 is 0. The second kappa shape index (κ2) is 9.79. The summed E-state index contributed by atoms with van der Waals surface area (Å²) in [7, 11) is 5.03. The third-order valence-electron chi connectivity index (χ3n) is 5.58.